The molecular formula is C15H18BrNS. The lowest BCUT2D eigenvalue weighted by Gasteiger charge is -2.10. The number of thiophene rings is 1. The minimum atomic E-state index is 0.646. The van der Waals surface area contributed by atoms with Gasteiger partial charge in [0, 0.05) is 17.1 Å². The molecule has 2 rings (SSSR count). The lowest BCUT2D eigenvalue weighted by molar-refractivity contribution is 0.734. The van der Waals surface area contributed by atoms with Crippen LogP contribution in [0.1, 0.15) is 36.6 Å². The molecular weight excluding hydrogens is 306 g/mol. The van der Waals surface area contributed by atoms with Crippen LogP contribution in [-0.2, 0) is 6.54 Å². The number of anilines is 1. The standard InChI is InChI=1S/C15H18BrNS/c1-3-11(2)12-4-6-13(7-5-12)17-10-14-8-9-15(16)18-14/h4-9,11,17H,3,10H2,1-2H3. The van der Waals surface area contributed by atoms with E-state index < -0.39 is 0 Å². The first-order valence-electron chi connectivity index (χ1n) is 6.27. The summed E-state index contributed by atoms with van der Waals surface area (Å²) < 4.78 is 1.19. The molecule has 0 aliphatic rings. The molecule has 0 saturated carbocycles. The van der Waals surface area contributed by atoms with Gasteiger partial charge in [0.2, 0.25) is 0 Å². The van der Waals surface area contributed by atoms with Crippen molar-refractivity contribution in [1.29, 1.82) is 0 Å². The van der Waals surface area contributed by atoms with Gasteiger partial charge >= 0.3 is 0 Å². The number of rotatable bonds is 5. The molecule has 1 unspecified atom stereocenters. The van der Waals surface area contributed by atoms with Gasteiger partial charge in [-0.15, -0.1) is 11.3 Å². The van der Waals surface area contributed by atoms with E-state index in [9.17, 15) is 0 Å². The van der Waals surface area contributed by atoms with Crippen LogP contribution in [-0.4, -0.2) is 0 Å². The maximum absolute atomic E-state index is 3.48. The number of hydrogen-bond donors (Lipinski definition) is 1. The van der Waals surface area contributed by atoms with E-state index in [2.05, 4.69) is 71.5 Å². The Kier molecular flexibility index (Phi) is 4.84. The van der Waals surface area contributed by atoms with Gasteiger partial charge in [0.15, 0.2) is 0 Å². The fourth-order valence-corrected chi connectivity index (χ4v) is 3.22. The first-order chi connectivity index (χ1) is 8.69. The predicted octanol–water partition coefficient (Wildman–Crippen LogP) is 5.64. The van der Waals surface area contributed by atoms with Gasteiger partial charge in [-0.3, -0.25) is 0 Å². The van der Waals surface area contributed by atoms with E-state index in [0.29, 0.717) is 5.92 Å². The number of nitrogens with one attached hydrogen (secondary N) is 1. The van der Waals surface area contributed by atoms with Gasteiger partial charge in [0.1, 0.15) is 0 Å². The Morgan fingerprint density at radius 3 is 2.44 bits per heavy atom. The molecule has 0 fully saturated rings. The highest BCUT2D eigenvalue weighted by Gasteiger charge is 2.02. The van der Waals surface area contributed by atoms with Gasteiger partial charge in [-0.05, 0) is 58.1 Å². The highest BCUT2D eigenvalue weighted by Crippen LogP contribution is 2.24. The lowest BCUT2D eigenvalue weighted by Crippen LogP contribution is -1.98. The fourth-order valence-electron chi connectivity index (χ4n) is 1.80. The monoisotopic (exact) mass is 323 g/mol. The summed E-state index contributed by atoms with van der Waals surface area (Å²) in [6.07, 6.45) is 1.19. The zero-order valence-electron chi connectivity index (χ0n) is 10.7. The van der Waals surface area contributed by atoms with Gasteiger partial charge < -0.3 is 5.32 Å². The summed E-state index contributed by atoms with van der Waals surface area (Å²) in [6, 6.07) is 13.0. The maximum atomic E-state index is 3.48. The van der Waals surface area contributed by atoms with Crippen molar-refractivity contribution in [2.45, 2.75) is 32.7 Å². The third kappa shape index (κ3) is 3.59. The average Bonchev–Trinajstić information content (AvgIpc) is 2.82. The van der Waals surface area contributed by atoms with E-state index in [1.54, 1.807) is 11.3 Å². The van der Waals surface area contributed by atoms with Crippen molar-refractivity contribution in [3.8, 4) is 0 Å². The third-order valence-corrected chi connectivity index (χ3v) is 4.81. The first kappa shape index (κ1) is 13.6. The van der Waals surface area contributed by atoms with E-state index in [4.69, 9.17) is 0 Å². The fraction of sp³-hybridized carbons (Fsp3) is 0.333. The topological polar surface area (TPSA) is 12.0 Å². The second-order valence-electron chi connectivity index (χ2n) is 4.49. The molecule has 1 aromatic heterocycles. The Morgan fingerprint density at radius 1 is 1.17 bits per heavy atom. The average molecular weight is 324 g/mol. The van der Waals surface area contributed by atoms with Crippen LogP contribution in [0.5, 0.6) is 0 Å². The zero-order chi connectivity index (χ0) is 13.0. The van der Waals surface area contributed by atoms with Crippen LogP contribution in [0.15, 0.2) is 40.2 Å². The van der Waals surface area contributed by atoms with Crippen LogP contribution in [0, 0.1) is 0 Å². The molecule has 0 saturated heterocycles. The van der Waals surface area contributed by atoms with Crippen LogP contribution < -0.4 is 5.32 Å². The van der Waals surface area contributed by atoms with Crippen molar-refractivity contribution >= 4 is 33.0 Å². The number of benzene rings is 1. The Bertz CT molecular complexity index is 489. The van der Waals surface area contributed by atoms with Crippen molar-refractivity contribution in [2.75, 3.05) is 5.32 Å². The molecule has 0 aliphatic heterocycles. The highest BCUT2D eigenvalue weighted by atomic mass is 79.9. The molecule has 3 heteroatoms. The summed E-state index contributed by atoms with van der Waals surface area (Å²) in [6.45, 7) is 5.38. The molecule has 2 aromatic rings. The van der Waals surface area contributed by atoms with Crippen LogP contribution in [0.25, 0.3) is 0 Å². The van der Waals surface area contributed by atoms with Crippen molar-refractivity contribution in [1.82, 2.24) is 0 Å². The summed E-state index contributed by atoms with van der Waals surface area (Å²) in [5, 5.41) is 3.45. The summed E-state index contributed by atoms with van der Waals surface area (Å²) in [7, 11) is 0. The summed E-state index contributed by atoms with van der Waals surface area (Å²) in [5.41, 5.74) is 2.61. The van der Waals surface area contributed by atoms with E-state index >= 15 is 0 Å². The quantitative estimate of drug-likeness (QED) is 0.751. The minimum Gasteiger partial charge on any atom is -0.380 e. The van der Waals surface area contributed by atoms with Gasteiger partial charge in [-0.2, -0.15) is 0 Å². The third-order valence-electron chi connectivity index (χ3n) is 3.19. The Hall–Kier alpha value is -0.800. The predicted molar refractivity (Wildman–Crippen MR) is 84.5 cm³/mol. The molecule has 0 spiro atoms. The molecule has 0 aliphatic carbocycles. The van der Waals surface area contributed by atoms with Gasteiger partial charge in [0.25, 0.3) is 0 Å². The second-order valence-corrected chi connectivity index (χ2v) is 7.04. The van der Waals surface area contributed by atoms with Crippen molar-refractivity contribution in [3.05, 3.63) is 50.6 Å². The largest absolute Gasteiger partial charge is 0.380 e. The molecule has 96 valence electrons. The molecule has 1 heterocycles. The van der Waals surface area contributed by atoms with Crippen LogP contribution >= 0.6 is 27.3 Å². The lowest BCUT2D eigenvalue weighted by atomic mass is 9.99. The van der Waals surface area contributed by atoms with Gasteiger partial charge in [-0.25, -0.2) is 0 Å². The Balaban J connectivity index is 1.94. The SMILES string of the molecule is CCC(C)c1ccc(NCc2ccc(Br)s2)cc1. The molecule has 0 amide bonds. The summed E-state index contributed by atoms with van der Waals surface area (Å²) in [4.78, 5) is 1.34. The van der Waals surface area contributed by atoms with E-state index in [1.165, 1.54) is 26.3 Å². The number of halogens is 1. The zero-order valence-corrected chi connectivity index (χ0v) is 13.1. The molecule has 1 aromatic carbocycles. The van der Waals surface area contributed by atoms with Crippen molar-refractivity contribution in [3.63, 3.8) is 0 Å². The molecule has 0 bridgehead atoms. The first-order valence-corrected chi connectivity index (χ1v) is 7.88. The van der Waals surface area contributed by atoms with Crippen molar-refractivity contribution < 1.29 is 0 Å². The molecule has 18 heavy (non-hydrogen) atoms. The minimum absolute atomic E-state index is 0.646. The summed E-state index contributed by atoms with van der Waals surface area (Å²) >= 11 is 5.26. The van der Waals surface area contributed by atoms with Crippen LogP contribution in [0.2, 0.25) is 0 Å². The van der Waals surface area contributed by atoms with Gasteiger partial charge in [-0.1, -0.05) is 26.0 Å². The van der Waals surface area contributed by atoms with E-state index in [0.717, 1.165) is 6.54 Å². The van der Waals surface area contributed by atoms with E-state index in [1.807, 2.05) is 0 Å². The Morgan fingerprint density at radius 2 is 1.89 bits per heavy atom. The smallest absolute Gasteiger partial charge is 0.0702 e. The van der Waals surface area contributed by atoms with Crippen LogP contribution in [0.3, 0.4) is 0 Å². The normalized spacial score (nSPS) is 12.4. The molecule has 0 radical (unpaired) electrons. The molecule has 1 nitrogen and oxygen atoms in total. The molecule has 1 N–H and O–H groups in total. The highest BCUT2D eigenvalue weighted by molar-refractivity contribution is 9.11. The van der Waals surface area contributed by atoms with E-state index in [-0.39, 0.29) is 0 Å². The summed E-state index contributed by atoms with van der Waals surface area (Å²) in [5.74, 6) is 0.646. The van der Waals surface area contributed by atoms with Crippen molar-refractivity contribution in [2.24, 2.45) is 0 Å². The van der Waals surface area contributed by atoms with Gasteiger partial charge in [0.05, 0.1) is 3.79 Å². The number of hydrogen-bond acceptors (Lipinski definition) is 2. The van der Waals surface area contributed by atoms with Crippen LogP contribution in [0.4, 0.5) is 5.69 Å². The Labute approximate surface area is 121 Å². The molecule has 1 atom stereocenters. The maximum Gasteiger partial charge on any atom is 0.0702 e. The second kappa shape index (κ2) is 6.39.